The number of aliphatic hydroxyl groups is 1. The van der Waals surface area contributed by atoms with Crippen LogP contribution < -0.4 is 10.3 Å². The van der Waals surface area contributed by atoms with Crippen molar-refractivity contribution in [3.63, 3.8) is 0 Å². The van der Waals surface area contributed by atoms with Gasteiger partial charge in [0.05, 0.1) is 23.3 Å². The average molecular weight is 411 g/mol. The zero-order valence-corrected chi connectivity index (χ0v) is 16.3. The van der Waals surface area contributed by atoms with Crippen LogP contribution in [0.3, 0.4) is 0 Å². The van der Waals surface area contributed by atoms with Crippen LogP contribution in [0.4, 0.5) is 4.39 Å². The van der Waals surface area contributed by atoms with E-state index < -0.39 is 18.0 Å². The second-order valence-corrected chi connectivity index (χ2v) is 7.31. The van der Waals surface area contributed by atoms with Gasteiger partial charge in [0.15, 0.2) is 11.6 Å². The zero-order chi connectivity index (χ0) is 21.1. The Hall–Kier alpha value is -3.26. The van der Waals surface area contributed by atoms with E-state index in [4.69, 9.17) is 4.74 Å². The van der Waals surface area contributed by atoms with E-state index in [1.54, 1.807) is 41.3 Å². The van der Waals surface area contributed by atoms with E-state index in [0.717, 1.165) is 0 Å². The Kier molecular flexibility index (Phi) is 5.76. The van der Waals surface area contributed by atoms with Crippen molar-refractivity contribution in [2.24, 2.45) is 0 Å². The lowest BCUT2D eigenvalue weighted by molar-refractivity contribution is -0.131. The Morgan fingerprint density at radius 1 is 1.13 bits per heavy atom. The second-order valence-electron chi connectivity index (χ2n) is 7.31. The number of ether oxygens (including phenoxy) is 1. The Morgan fingerprint density at radius 2 is 1.87 bits per heavy atom. The molecule has 2 heterocycles. The zero-order valence-electron chi connectivity index (χ0n) is 16.3. The number of benzene rings is 2. The van der Waals surface area contributed by atoms with Gasteiger partial charge in [0, 0.05) is 19.5 Å². The number of hydrogen-bond acceptors (Lipinski definition) is 5. The monoisotopic (exact) mass is 411 g/mol. The number of aromatic nitrogens is 2. The lowest BCUT2D eigenvalue weighted by Gasteiger charge is -2.22. The Balaban J connectivity index is 1.44. The molecule has 8 heteroatoms. The molecule has 0 radical (unpaired) electrons. The normalized spacial score (nSPS) is 19.5. The van der Waals surface area contributed by atoms with Crippen LogP contribution in [0.2, 0.25) is 0 Å². The summed E-state index contributed by atoms with van der Waals surface area (Å²) in [5.74, 6) is -0.659. The Labute approximate surface area is 172 Å². The largest absolute Gasteiger partial charge is 0.485 e. The minimum absolute atomic E-state index is 0.0788. The predicted octanol–water partition coefficient (Wildman–Crippen LogP) is 1.97. The fourth-order valence-corrected chi connectivity index (χ4v) is 3.62. The first kappa shape index (κ1) is 20.0. The molecule has 1 N–H and O–H groups in total. The summed E-state index contributed by atoms with van der Waals surface area (Å²) in [7, 11) is 0. The number of rotatable bonds is 4. The van der Waals surface area contributed by atoms with Gasteiger partial charge in [0.1, 0.15) is 12.6 Å². The molecule has 3 aromatic rings. The first-order chi connectivity index (χ1) is 14.5. The third kappa shape index (κ3) is 4.18. The molecule has 1 aliphatic rings. The number of fused-ring (bicyclic) bond motifs is 1. The lowest BCUT2D eigenvalue weighted by atomic mass is 10.1. The van der Waals surface area contributed by atoms with E-state index in [1.165, 1.54) is 23.0 Å². The molecule has 7 nitrogen and oxygen atoms in total. The van der Waals surface area contributed by atoms with E-state index in [2.05, 4.69) is 4.98 Å². The average Bonchev–Trinajstić information content (AvgIpc) is 2.94. The molecule has 0 saturated carbocycles. The van der Waals surface area contributed by atoms with Gasteiger partial charge >= 0.3 is 0 Å². The molecular formula is C22H22FN3O4. The summed E-state index contributed by atoms with van der Waals surface area (Å²) in [4.78, 5) is 31.2. The quantitative estimate of drug-likeness (QED) is 0.710. The van der Waals surface area contributed by atoms with Crippen molar-refractivity contribution in [3.05, 3.63) is 71.0 Å². The third-order valence-electron chi connectivity index (χ3n) is 5.31. The summed E-state index contributed by atoms with van der Waals surface area (Å²) in [5.41, 5.74) is 0.307. The van der Waals surface area contributed by atoms with Gasteiger partial charge in [-0.15, -0.1) is 0 Å². The minimum atomic E-state index is -0.826. The summed E-state index contributed by atoms with van der Waals surface area (Å²) in [6, 6.07) is 13.0. The van der Waals surface area contributed by atoms with E-state index in [1.807, 2.05) is 0 Å². The summed E-state index contributed by atoms with van der Waals surface area (Å²) >= 11 is 0. The van der Waals surface area contributed by atoms with Crippen molar-refractivity contribution >= 4 is 16.8 Å². The maximum absolute atomic E-state index is 13.9. The number of carbonyl (C=O) groups excluding carboxylic acids is 1. The van der Waals surface area contributed by atoms with E-state index in [9.17, 15) is 19.1 Å². The van der Waals surface area contributed by atoms with E-state index >= 15 is 0 Å². The summed E-state index contributed by atoms with van der Waals surface area (Å²) in [6.45, 7) is 0.531. The maximum atomic E-state index is 13.9. The number of amides is 1. The fraction of sp³-hybridized carbons (Fsp3) is 0.318. The maximum Gasteiger partial charge on any atom is 0.261 e. The molecule has 1 aliphatic heterocycles. The van der Waals surface area contributed by atoms with Gasteiger partial charge in [-0.25, -0.2) is 9.37 Å². The van der Waals surface area contributed by atoms with Crippen LogP contribution >= 0.6 is 0 Å². The van der Waals surface area contributed by atoms with Crippen molar-refractivity contribution in [2.75, 3.05) is 13.1 Å². The fourth-order valence-electron chi connectivity index (χ4n) is 3.62. The van der Waals surface area contributed by atoms with Crippen molar-refractivity contribution < 1.29 is 19.0 Å². The predicted molar refractivity (Wildman–Crippen MR) is 109 cm³/mol. The Morgan fingerprint density at radius 3 is 2.70 bits per heavy atom. The van der Waals surface area contributed by atoms with Crippen molar-refractivity contribution in [1.29, 1.82) is 0 Å². The molecule has 2 atom stereocenters. The SMILES string of the molecule is O=C(Cn1cnc2ccccc2c1=O)N1CC[C@H](Oc2ccccc2F)[C@@H](O)CC1. The molecule has 156 valence electrons. The van der Waals surface area contributed by atoms with Gasteiger partial charge in [0.25, 0.3) is 5.56 Å². The first-order valence-electron chi connectivity index (χ1n) is 9.84. The number of aliphatic hydroxyl groups excluding tert-OH is 1. The molecule has 4 rings (SSSR count). The number of carbonyl (C=O) groups is 1. The molecule has 30 heavy (non-hydrogen) atoms. The second kappa shape index (κ2) is 8.62. The van der Waals surface area contributed by atoms with E-state index in [-0.39, 0.29) is 23.8 Å². The molecule has 0 spiro atoms. The van der Waals surface area contributed by atoms with Crippen LogP contribution in [-0.4, -0.2) is 50.8 Å². The van der Waals surface area contributed by atoms with Crippen LogP contribution in [0.1, 0.15) is 12.8 Å². The summed E-state index contributed by atoms with van der Waals surface area (Å²) in [5, 5.41) is 10.9. The van der Waals surface area contributed by atoms with Crippen molar-refractivity contribution in [3.8, 4) is 5.75 Å². The summed E-state index contributed by atoms with van der Waals surface area (Å²) in [6.07, 6.45) is 0.582. The Bertz CT molecular complexity index is 1120. The highest BCUT2D eigenvalue weighted by atomic mass is 19.1. The van der Waals surface area contributed by atoms with Crippen LogP contribution in [0.5, 0.6) is 5.75 Å². The van der Waals surface area contributed by atoms with Gasteiger partial charge in [-0.05, 0) is 30.7 Å². The number of para-hydroxylation sites is 2. The summed E-state index contributed by atoms with van der Waals surface area (Å²) < 4.78 is 20.8. The van der Waals surface area contributed by atoms with Crippen molar-refractivity contribution in [1.82, 2.24) is 14.5 Å². The van der Waals surface area contributed by atoms with Gasteiger partial charge in [-0.3, -0.25) is 14.2 Å². The van der Waals surface area contributed by atoms with Gasteiger partial charge in [-0.1, -0.05) is 24.3 Å². The van der Waals surface area contributed by atoms with Gasteiger partial charge in [-0.2, -0.15) is 0 Å². The topological polar surface area (TPSA) is 84.7 Å². The van der Waals surface area contributed by atoms with Crippen LogP contribution in [0, 0.1) is 5.82 Å². The molecular weight excluding hydrogens is 389 g/mol. The number of likely N-dealkylation sites (tertiary alicyclic amines) is 1. The number of hydrogen-bond donors (Lipinski definition) is 1. The third-order valence-corrected chi connectivity index (χ3v) is 5.31. The molecule has 2 aromatic carbocycles. The highest BCUT2D eigenvalue weighted by Gasteiger charge is 2.29. The highest BCUT2D eigenvalue weighted by molar-refractivity contribution is 5.79. The molecule has 1 saturated heterocycles. The standard InChI is InChI=1S/C22H22FN3O4/c23-16-6-2-4-8-19(16)30-20-10-12-25(11-9-18(20)27)21(28)13-26-14-24-17-7-3-1-5-15(17)22(26)29/h1-8,14,18,20,27H,9-13H2/t18-,20-/m0/s1. The highest BCUT2D eigenvalue weighted by Crippen LogP contribution is 2.22. The van der Waals surface area contributed by atoms with Crippen LogP contribution in [0.25, 0.3) is 10.9 Å². The molecule has 1 amide bonds. The smallest absolute Gasteiger partial charge is 0.261 e. The van der Waals surface area contributed by atoms with E-state index in [0.29, 0.717) is 36.8 Å². The molecule has 0 bridgehead atoms. The van der Waals surface area contributed by atoms with Gasteiger partial charge in [0.2, 0.25) is 5.91 Å². The molecule has 1 aromatic heterocycles. The minimum Gasteiger partial charge on any atom is -0.485 e. The molecule has 1 fully saturated rings. The molecule has 0 unspecified atom stereocenters. The van der Waals surface area contributed by atoms with Crippen molar-refractivity contribution in [2.45, 2.75) is 31.6 Å². The molecule has 0 aliphatic carbocycles. The van der Waals surface area contributed by atoms with Crippen LogP contribution in [0.15, 0.2) is 59.7 Å². The van der Waals surface area contributed by atoms with Crippen LogP contribution in [-0.2, 0) is 11.3 Å². The first-order valence-corrected chi connectivity index (χ1v) is 9.84. The van der Waals surface area contributed by atoms with Gasteiger partial charge < -0.3 is 14.7 Å². The lowest BCUT2D eigenvalue weighted by Crippen LogP contribution is -2.37. The number of nitrogens with zero attached hydrogens (tertiary/aromatic N) is 3. The number of halogens is 1.